The van der Waals surface area contributed by atoms with Crippen molar-refractivity contribution < 1.29 is 19.4 Å². The first kappa shape index (κ1) is 10.8. The second kappa shape index (κ2) is 3.86. The Morgan fingerprint density at radius 3 is 2.64 bits per heavy atom. The molecule has 0 aliphatic carbocycles. The Hall–Kier alpha value is -1.26. The SMILES string of the molecule is CC(C)CN1C(=O)OC(C)C1C(=O)O. The van der Waals surface area contributed by atoms with Crippen LogP contribution in [-0.4, -0.2) is 40.8 Å². The third kappa shape index (κ3) is 1.97. The number of rotatable bonds is 3. The molecule has 0 bridgehead atoms. The molecule has 2 unspecified atom stereocenters. The maximum absolute atomic E-state index is 11.3. The molecule has 0 saturated carbocycles. The Morgan fingerprint density at radius 2 is 2.21 bits per heavy atom. The van der Waals surface area contributed by atoms with Crippen molar-refractivity contribution in [1.29, 1.82) is 0 Å². The van der Waals surface area contributed by atoms with E-state index in [4.69, 9.17) is 9.84 Å². The number of cyclic esters (lactones) is 1. The van der Waals surface area contributed by atoms with Crippen LogP contribution in [0.5, 0.6) is 0 Å². The van der Waals surface area contributed by atoms with Crippen LogP contribution in [0.4, 0.5) is 4.79 Å². The molecule has 1 saturated heterocycles. The summed E-state index contributed by atoms with van der Waals surface area (Å²) >= 11 is 0. The normalized spacial score (nSPS) is 26.9. The van der Waals surface area contributed by atoms with E-state index in [1.54, 1.807) is 6.92 Å². The zero-order chi connectivity index (χ0) is 10.9. The molecule has 1 aliphatic rings. The van der Waals surface area contributed by atoms with E-state index in [0.29, 0.717) is 6.54 Å². The third-order valence-corrected chi connectivity index (χ3v) is 2.12. The minimum Gasteiger partial charge on any atom is -0.480 e. The Kier molecular flexibility index (Phi) is 2.98. The maximum Gasteiger partial charge on any atom is 0.411 e. The maximum atomic E-state index is 11.3. The first-order valence-electron chi connectivity index (χ1n) is 4.63. The summed E-state index contributed by atoms with van der Waals surface area (Å²) in [6.07, 6.45) is -1.10. The lowest BCUT2D eigenvalue weighted by Gasteiger charge is -2.21. The second-order valence-electron chi connectivity index (χ2n) is 3.92. The number of carbonyl (C=O) groups excluding carboxylic acids is 1. The number of ether oxygens (including phenoxy) is 1. The van der Waals surface area contributed by atoms with Crippen LogP contribution in [-0.2, 0) is 9.53 Å². The molecular formula is C9H15NO4. The molecule has 1 aliphatic heterocycles. The van der Waals surface area contributed by atoms with Crippen LogP contribution < -0.4 is 0 Å². The molecule has 1 rings (SSSR count). The molecule has 0 radical (unpaired) electrons. The van der Waals surface area contributed by atoms with Gasteiger partial charge < -0.3 is 9.84 Å². The van der Waals surface area contributed by atoms with Crippen molar-refractivity contribution in [1.82, 2.24) is 4.90 Å². The number of carbonyl (C=O) groups is 2. The Morgan fingerprint density at radius 1 is 1.64 bits per heavy atom. The molecule has 0 aromatic heterocycles. The number of amides is 1. The zero-order valence-corrected chi connectivity index (χ0v) is 8.56. The van der Waals surface area contributed by atoms with Gasteiger partial charge in [0.2, 0.25) is 0 Å². The topological polar surface area (TPSA) is 66.8 Å². The van der Waals surface area contributed by atoms with E-state index in [0.717, 1.165) is 0 Å². The van der Waals surface area contributed by atoms with E-state index in [9.17, 15) is 9.59 Å². The van der Waals surface area contributed by atoms with Crippen LogP contribution >= 0.6 is 0 Å². The van der Waals surface area contributed by atoms with E-state index in [1.807, 2.05) is 13.8 Å². The highest BCUT2D eigenvalue weighted by atomic mass is 16.6. The summed E-state index contributed by atoms with van der Waals surface area (Å²) in [7, 11) is 0. The van der Waals surface area contributed by atoms with Crippen LogP contribution in [0.25, 0.3) is 0 Å². The van der Waals surface area contributed by atoms with Gasteiger partial charge in [0, 0.05) is 6.54 Å². The molecule has 1 amide bonds. The molecule has 1 fully saturated rings. The summed E-state index contributed by atoms with van der Waals surface area (Å²) in [6, 6.07) is -0.843. The lowest BCUT2D eigenvalue weighted by Crippen LogP contribution is -2.43. The molecule has 2 atom stereocenters. The first-order chi connectivity index (χ1) is 6.43. The largest absolute Gasteiger partial charge is 0.480 e. The summed E-state index contributed by atoms with van der Waals surface area (Å²) in [6.45, 7) is 5.86. The number of carboxylic acids is 1. The highest BCUT2D eigenvalue weighted by Crippen LogP contribution is 2.20. The monoisotopic (exact) mass is 201 g/mol. The van der Waals surface area contributed by atoms with Crippen molar-refractivity contribution in [2.45, 2.75) is 32.9 Å². The third-order valence-electron chi connectivity index (χ3n) is 2.12. The first-order valence-corrected chi connectivity index (χ1v) is 4.63. The van der Waals surface area contributed by atoms with Crippen molar-refractivity contribution in [2.75, 3.05) is 6.54 Å². The van der Waals surface area contributed by atoms with E-state index in [2.05, 4.69) is 0 Å². The van der Waals surface area contributed by atoms with Crippen molar-refractivity contribution in [3.8, 4) is 0 Å². The van der Waals surface area contributed by atoms with Crippen molar-refractivity contribution >= 4 is 12.1 Å². The van der Waals surface area contributed by atoms with Gasteiger partial charge in [0.1, 0.15) is 6.10 Å². The van der Waals surface area contributed by atoms with Gasteiger partial charge in [-0.25, -0.2) is 9.59 Å². The van der Waals surface area contributed by atoms with Gasteiger partial charge in [0.05, 0.1) is 0 Å². The van der Waals surface area contributed by atoms with Gasteiger partial charge in [0.15, 0.2) is 6.04 Å². The molecule has 0 spiro atoms. The number of nitrogens with zero attached hydrogens (tertiary/aromatic N) is 1. The molecule has 0 aromatic carbocycles. The predicted octanol–water partition coefficient (Wildman–Crippen LogP) is 0.936. The highest BCUT2D eigenvalue weighted by Gasteiger charge is 2.43. The average Bonchev–Trinajstić information content (AvgIpc) is 2.25. The van der Waals surface area contributed by atoms with Crippen LogP contribution in [0.3, 0.4) is 0 Å². The van der Waals surface area contributed by atoms with Gasteiger partial charge in [-0.3, -0.25) is 4.90 Å². The standard InChI is InChI=1S/C9H15NO4/c1-5(2)4-10-7(8(11)12)6(3)14-9(10)13/h5-7H,4H2,1-3H3,(H,11,12). The lowest BCUT2D eigenvalue weighted by atomic mass is 10.1. The zero-order valence-electron chi connectivity index (χ0n) is 8.56. The lowest BCUT2D eigenvalue weighted by molar-refractivity contribution is -0.142. The van der Waals surface area contributed by atoms with E-state index < -0.39 is 24.2 Å². The fourth-order valence-corrected chi connectivity index (χ4v) is 1.57. The summed E-state index contributed by atoms with van der Waals surface area (Å²) in [5.74, 6) is -0.779. The van der Waals surface area contributed by atoms with Crippen LogP contribution in [0, 0.1) is 5.92 Å². The molecular weight excluding hydrogens is 186 g/mol. The predicted molar refractivity (Wildman–Crippen MR) is 48.9 cm³/mol. The molecule has 5 nitrogen and oxygen atoms in total. The smallest absolute Gasteiger partial charge is 0.411 e. The van der Waals surface area contributed by atoms with Gasteiger partial charge in [-0.15, -0.1) is 0 Å². The van der Waals surface area contributed by atoms with Crippen molar-refractivity contribution in [2.24, 2.45) is 5.92 Å². The van der Waals surface area contributed by atoms with E-state index in [-0.39, 0.29) is 5.92 Å². The quantitative estimate of drug-likeness (QED) is 0.737. The molecule has 5 heteroatoms. The van der Waals surface area contributed by atoms with Crippen molar-refractivity contribution in [3.05, 3.63) is 0 Å². The summed E-state index contributed by atoms with van der Waals surface area (Å²) in [5.41, 5.74) is 0. The van der Waals surface area contributed by atoms with Crippen molar-refractivity contribution in [3.63, 3.8) is 0 Å². The highest BCUT2D eigenvalue weighted by molar-refractivity contribution is 5.83. The molecule has 80 valence electrons. The summed E-state index contributed by atoms with van der Waals surface area (Å²) in [5, 5.41) is 8.91. The Labute approximate surface area is 82.6 Å². The number of carboxylic acid groups (broad SMARTS) is 1. The van der Waals surface area contributed by atoms with Crippen LogP contribution in [0.2, 0.25) is 0 Å². The van der Waals surface area contributed by atoms with E-state index >= 15 is 0 Å². The van der Waals surface area contributed by atoms with Crippen LogP contribution in [0.15, 0.2) is 0 Å². The van der Waals surface area contributed by atoms with E-state index in [1.165, 1.54) is 4.90 Å². The minimum absolute atomic E-state index is 0.231. The molecule has 0 aromatic rings. The molecule has 1 heterocycles. The Bertz CT molecular complexity index is 251. The summed E-state index contributed by atoms with van der Waals surface area (Å²) < 4.78 is 4.85. The minimum atomic E-state index is -1.01. The second-order valence-corrected chi connectivity index (χ2v) is 3.92. The average molecular weight is 201 g/mol. The number of aliphatic carboxylic acids is 1. The fraction of sp³-hybridized carbons (Fsp3) is 0.778. The number of hydrogen-bond acceptors (Lipinski definition) is 3. The fourth-order valence-electron chi connectivity index (χ4n) is 1.57. The van der Waals surface area contributed by atoms with Gasteiger partial charge >= 0.3 is 12.1 Å². The van der Waals surface area contributed by atoms with Gasteiger partial charge in [0.25, 0.3) is 0 Å². The van der Waals surface area contributed by atoms with Gasteiger partial charge in [-0.2, -0.15) is 0 Å². The molecule has 14 heavy (non-hydrogen) atoms. The van der Waals surface area contributed by atoms with Crippen LogP contribution in [0.1, 0.15) is 20.8 Å². The Balaban J connectivity index is 2.78. The molecule has 1 N–H and O–H groups in total. The van der Waals surface area contributed by atoms with Gasteiger partial charge in [-0.05, 0) is 12.8 Å². The number of hydrogen-bond donors (Lipinski definition) is 1. The van der Waals surface area contributed by atoms with Gasteiger partial charge in [-0.1, -0.05) is 13.8 Å². The summed E-state index contributed by atoms with van der Waals surface area (Å²) in [4.78, 5) is 23.4.